The first-order chi connectivity index (χ1) is 13.6. The van der Waals surface area contributed by atoms with Crippen molar-refractivity contribution in [2.24, 2.45) is 0 Å². The highest BCUT2D eigenvalue weighted by Gasteiger charge is 2.45. The molecule has 1 unspecified atom stereocenters. The number of carboxylic acid groups (broad SMARTS) is 1. The predicted molar refractivity (Wildman–Crippen MR) is 115 cm³/mol. The van der Waals surface area contributed by atoms with Crippen LogP contribution in [0.5, 0.6) is 0 Å². The lowest BCUT2D eigenvalue weighted by molar-refractivity contribution is -0.384. The van der Waals surface area contributed by atoms with Crippen LogP contribution in [0.1, 0.15) is 59.4 Å². The molecule has 0 amide bonds. The normalized spacial score (nSPS) is 13.0. The van der Waals surface area contributed by atoms with E-state index in [4.69, 9.17) is 17.3 Å². The van der Waals surface area contributed by atoms with Crippen molar-refractivity contribution < 1.29 is 19.6 Å². The first-order valence-electron chi connectivity index (χ1n) is 8.91. The quantitative estimate of drug-likeness (QED) is 0.217. The Hall–Kier alpha value is -2.45. The molecular formula is C20H20BrClN2O5. The third-order valence-electron chi connectivity index (χ3n) is 5.03. The van der Waals surface area contributed by atoms with Gasteiger partial charge in [-0.05, 0) is 46.5 Å². The third kappa shape index (κ3) is 4.00. The van der Waals surface area contributed by atoms with E-state index in [9.17, 15) is 24.8 Å². The van der Waals surface area contributed by atoms with E-state index in [1.165, 1.54) is 0 Å². The van der Waals surface area contributed by atoms with Gasteiger partial charge in [0.2, 0.25) is 0 Å². The lowest BCUT2D eigenvalue weighted by Gasteiger charge is -2.33. The van der Waals surface area contributed by atoms with Gasteiger partial charge in [-0.25, -0.2) is 4.79 Å². The number of rotatable bonds is 8. The van der Waals surface area contributed by atoms with Gasteiger partial charge in [0, 0.05) is 9.50 Å². The predicted octanol–water partition coefficient (Wildman–Crippen LogP) is 5.62. The molecule has 2 aromatic carbocycles. The van der Waals surface area contributed by atoms with E-state index in [-0.39, 0.29) is 16.6 Å². The highest BCUT2D eigenvalue weighted by Crippen LogP contribution is 2.45. The molecule has 0 radical (unpaired) electrons. The average Bonchev–Trinajstić information content (AvgIpc) is 2.67. The smallest absolute Gasteiger partial charge is 0.336 e. The summed E-state index contributed by atoms with van der Waals surface area (Å²) < 4.78 is 0.0356. The number of anilines is 1. The fourth-order valence-corrected chi connectivity index (χ4v) is 4.39. The number of nitro groups is 1. The second kappa shape index (κ2) is 8.92. The average molecular weight is 484 g/mol. The Balaban J connectivity index is 2.95. The minimum absolute atomic E-state index is 0.0356. The lowest BCUT2D eigenvalue weighted by Crippen LogP contribution is -2.37. The number of benzene rings is 2. The van der Waals surface area contributed by atoms with Crippen LogP contribution in [0.4, 0.5) is 11.4 Å². The van der Waals surface area contributed by atoms with Gasteiger partial charge in [-0.2, -0.15) is 0 Å². The second-order valence-electron chi connectivity index (χ2n) is 6.60. The molecule has 0 aromatic heterocycles. The number of nitrogen functional groups attached to an aromatic ring is 1. The Morgan fingerprint density at radius 3 is 2.41 bits per heavy atom. The third-order valence-corrected chi connectivity index (χ3v) is 6.02. The maximum atomic E-state index is 13.9. The SMILES string of the molecule is CCCC(CC)(C(=O)c1c(C(=O)O)cc(Br)c(N)c1[N+](=O)[O-])c1ccccc1Cl. The molecule has 0 saturated heterocycles. The second-order valence-corrected chi connectivity index (χ2v) is 7.86. The summed E-state index contributed by atoms with van der Waals surface area (Å²) in [6.07, 6.45) is 1.18. The van der Waals surface area contributed by atoms with Crippen LogP contribution in [0.2, 0.25) is 5.02 Å². The van der Waals surface area contributed by atoms with E-state index in [0.717, 1.165) is 6.07 Å². The minimum Gasteiger partial charge on any atom is -0.478 e. The van der Waals surface area contributed by atoms with Crippen molar-refractivity contribution in [3.8, 4) is 0 Å². The number of nitro benzene ring substituents is 1. The highest BCUT2D eigenvalue weighted by atomic mass is 79.9. The van der Waals surface area contributed by atoms with E-state index in [0.29, 0.717) is 23.4 Å². The van der Waals surface area contributed by atoms with Crippen molar-refractivity contribution in [2.75, 3.05) is 5.73 Å². The van der Waals surface area contributed by atoms with E-state index in [1.807, 2.05) is 6.92 Å². The molecule has 0 saturated carbocycles. The van der Waals surface area contributed by atoms with Gasteiger partial charge in [0.15, 0.2) is 5.78 Å². The summed E-state index contributed by atoms with van der Waals surface area (Å²) in [5.41, 5.74) is 3.11. The van der Waals surface area contributed by atoms with Crippen LogP contribution >= 0.6 is 27.5 Å². The van der Waals surface area contributed by atoms with Gasteiger partial charge in [0.25, 0.3) is 0 Å². The number of carbonyl (C=O) groups is 2. The van der Waals surface area contributed by atoms with Crippen molar-refractivity contribution in [3.63, 3.8) is 0 Å². The van der Waals surface area contributed by atoms with Crippen LogP contribution in [-0.2, 0) is 5.41 Å². The topological polar surface area (TPSA) is 124 Å². The molecule has 7 nitrogen and oxygen atoms in total. The molecule has 1 atom stereocenters. The molecular weight excluding hydrogens is 464 g/mol. The Bertz CT molecular complexity index is 995. The first-order valence-corrected chi connectivity index (χ1v) is 10.1. The molecule has 0 heterocycles. The molecule has 0 spiro atoms. The molecule has 0 aliphatic carbocycles. The number of carbonyl (C=O) groups excluding carboxylic acids is 1. The Morgan fingerprint density at radius 1 is 1.31 bits per heavy atom. The number of halogens is 2. The summed E-state index contributed by atoms with van der Waals surface area (Å²) >= 11 is 9.43. The Morgan fingerprint density at radius 2 is 1.93 bits per heavy atom. The molecule has 3 N–H and O–H groups in total. The van der Waals surface area contributed by atoms with E-state index in [1.54, 1.807) is 31.2 Å². The van der Waals surface area contributed by atoms with Gasteiger partial charge >= 0.3 is 11.7 Å². The maximum absolute atomic E-state index is 13.9. The lowest BCUT2D eigenvalue weighted by atomic mass is 9.68. The largest absolute Gasteiger partial charge is 0.478 e. The summed E-state index contributed by atoms with van der Waals surface area (Å²) in [4.78, 5) is 36.7. The fourth-order valence-electron chi connectivity index (χ4n) is 3.65. The standard InChI is InChI=1S/C20H20BrClN2O5/c1-3-9-20(4-2,12-7-5-6-8-14(12)22)18(25)15-11(19(26)27)10-13(21)16(23)17(15)24(28)29/h5-8,10H,3-4,9,23H2,1-2H3,(H,26,27). The number of nitrogens with zero attached hydrogens (tertiary/aromatic N) is 1. The minimum atomic E-state index is -1.46. The zero-order valence-corrected chi connectivity index (χ0v) is 18.2. The van der Waals surface area contributed by atoms with Gasteiger partial charge in [0.1, 0.15) is 11.3 Å². The Kier molecular flexibility index (Phi) is 7.02. The molecule has 2 aromatic rings. The van der Waals surface area contributed by atoms with Crippen LogP contribution < -0.4 is 5.73 Å². The number of Topliss-reactive ketones (excluding diaryl/α,β-unsaturated/α-hetero) is 1. The van der Waals surface area contributed by atoms with Crippen LogP contribution in [0, 0.1) is 10.1 Å². The van der Waals surface area contributed by atoms with Crippen LogP contribution in [-0.4, -0.2) is 21.8 Å². The molecule has 154 valence electrons. The fraction of sp³-hybridized carbons (Fsp3) is 0.300. The van der Waals surface area contributed by atoms with Gasteiger partial charge < -0.3 is 10.8 Å². The summed E-state index contributed by atoms with van der Waals surface area (Å²) in [6, 6.07) is 7.87. The first kappa shape index (κ1) is 22.8. The summed E-state index contributed by atoms with van der Waals surface area (Å²) in [5.74, 6) is -2.14. The molecule has 29 heavy (non-hydrogen) atoms. The van der Waals surface area contributed by atoms with Crippen molar-refractivity contribution >= 4 is 50.7 Å². The van der Waals surface area contributed by atoms with Gasteiger partial charge in [-0.1, -0.05) is 50.1 Å². The summed E-state index contributed by atoms with van der Waals surface area (Å²) in [6.45, 7) is 3.64. The molecule has 9 heteroatoms. The summed E-state index contributed by atoms with van der Waals surface area (Å²) in [7, 11) is 0. The zero-order chi connectivity index (χ0) is 21.9. The van der Waals surface area contributed by atoms with Crippen LogP contribution in [0.25, 0.3) is 0 Å². The van der Waals surface area contributed by atoms with E-state index in [2.05, 4.69) is 15.9 Å². The van der Waals surface area contributed by atoms with Crippen molar-refractivity contribution in [1.82, 2.24) is 0 Å². The number of carboxylic acids is 1. The highest BCUT2D eigenvalue weighted by molar-refractivity contribution is 9.10. The number of hydrogen-bond acceptors (Lipinski definition) is 5. The van der Waals surface area contributed by atoms with Crippen molar-refractivity contribution in [3.05, 3.63) is 66.6 Å². The number of hydrogen-bond donors (Lipinski definition) is 2. The number of nitrogens with two attached hydrogens (primary N) is 1. The van der Waals surface area contributed by atoms with Crippen LogP contribution in [0.15, 0.2) is 34.8 Å². The molecule has 2 rings (SSSR count). The van der Waals surface area contributed by atoms with Crippen molar-refractivity contribution in [2.45, 2.75) is 38.5 Å². The summed E-state index contributed by atoms with van der Waals surface area (Å²) in [5, 5.41) is 21.8. The number of aromatic carboxylic acids is 1. The van der Waals surface area contributed by atoms with E-state index >= 15 is 0 Å². The number of ketones is 1. The monoisotopic (exact) mass is 482 g/mol. The van der Waals surface area contributed by atoms with Gasteiger partial charge in [-0.3, -0.25) is 14.9 Å². The van der Waals surface area contributed by atoms with Crippen molar-refractivity contribution in [1.29, 1.82) is 0 Å². The molecule has 0 aliphatic heterocycles. The molecule has 0 bridgehead atoms. The van der Waals surface area contributed by atoms with Gasteiger partial charge in [0.05, 0.1) is 15.9 Å². The molecule has 0 fully saturated rings. The van der Waals surface area contributed by atoms with Crippen LogP contribution in [0.3, 0.4) is 0 Å². The molecule has 0 aliphatic rings. The maximum Gasteiger partial charge on any atom is 0.336 e. The Labute approximate surface area is 181 Å². The van der Waals surface area contributed by atoms with E-state index < -0.39 is 38.9 Å². The zero-order valence-electron chi connectivity index (χ0n) is 15.9. The van der Waals surface area contributed by atoms with Gasteiger partial charge in [-0.15, -0.1) is 0 Å².